The molecule has 2 rings (SSSR count). The highest BCUT2D eigenvalue weighted by molar-refractivity contribution is 5.57. The summed E-state index contributed by atoms with van der Waals surface area (Å²) in [5, 5.41) is 0. The van der Waals surface area contributed by atoms with Gasteiger partial charge >= 0.3 is 0 Å². The molecule has 0 aromatic heterocycles. The first-order chi connectivity index (χ1) is 8.87. The van der Waals surface area contributed by atoms with Gasteiger partial charge in [-0.1, -0.05) is 32.9 Å². The molecule has 1 aliphatic heterocycles. The largest absolute Gasteiger partial charge is 0.371 e. The summed E-state index contributed by atoms with van der Waals surface area (Å²) in [6.45, 7) is 11.4. The summed E-state index contributed by atoms with van der Waals surface area (Å²) in [6.07, 6.45) is 3.70. The highest BCUT2D eigenvalue weighted by Gasteiger charge is 2.19. The number of nitrogens with two attached hydrogens (primary N) is 1. The predicted octanol–water partition coefficient (Wildman–Crippen LogP) is 3.90. The summed E-state index contributed by atoms with van der Waals surface area (Å²) in [5.41, 5.74) is 10.6. The van der Waals surface area contributed by atoms with E-state index in [1.165, 1.54) is 42.6 Å². The lowest BCUT2D eigenvalue weighted by Crippen LogP contribution is -2.32. The average Bonchev–Trinajstić information content (AvgIpc) is 2.34. The molecule has 2 heteroatoms. The maximum Gasteiger partial charge on any atom is 0.0398 e. The smallest absolute Gasteiger partial charge is 0.0398 e. The molecule has 0 bridgehead atoms. The highest BCUT2D eigenvalue weighted by atomic mass is 15.1. The molecule has 106 valence electrons. The van der Waals surface area contributed by atoms with Crippen molar-refractivity contribution in [2.75, 3.05) is 18.0 Å². The van der Waals surface area contributed by atoms with Crippen molar-refractivity contribution < 1.29 is 0 Å². The van der Waals surface area contributed by atoms with Crippen molar-refractivity contribution in [2.45, 2.75) is 53.0 Å². The first-order valence-corrected chi connectivity index (χ1v) is 7.50. The van der Waals surface area contributed by atoms with Crippen LogP contribution in [-0.4, -0.2) is 13.1 Å². The van der Waals surface area contributed by atoms with E-state index >= 15 is 0 Å². The second-order valence-corrected chi connectivity index (χ2v) is 7.08. The van der Waals surface area contributed by atoms with Crippen molar-refractivity contribution in [2.24, 2.45) is 11.1 Å². The Morgan fingerprint density at radius 3 is 2.68 bits per heavy atom. The molecular weight excluding hydrogens is 232 g/mol. The minimum absolute atomic E-state index is 0.134. The van der Waals surface area contributed by atoms with Crippen LogP contribution in [-0.2, 0) is 6.42 Å². The third kappa shape index (κ3) is 3.73. The van der Waals surface area contributed by atoms with E-state index in [1.54, 1.807) is 0 Å². The third-order valence-electron chi connectivity index (χ3n) is 3.98. The number of anilines is 1. The molecule has 1 aromatic rings. The van der Waals surface area contributed by atoms with Gasteiger partial charge in [-0.15, -0.1) is 0 Å². The third-order valence-corrected chi connectivity index (χ3v) is 3.98. The van der Waals surface area contributed by atoms with Crippen LogP contribution >= 0.6 is 0 Å². The van der Waals surface area contributed by atoms with Gasteiger partial charge in [0.25, 0.3) is 0 Å². The minimum Gasteiger partial charge on any atom is -0.371 e. The van der Waals surface area contributed by atoms with Gasteiger partial charge in [-0.3, -0.25) is 0 Å². The van der Waals surface area contributed by atoms with Crippen molar-refractivity contribution in [3.63, 3.8) is 0 Å². The number of nitrogens with zero attached hydrogens (tertiary/aromatic N) is 1. The molecule has 1 aromatic carbocycles. The SMILES string of the molecule is CC(N)c1ccc2c(c1)CCCN2CCC(C)(C)C. The molecule has 1 unspecified atom stereocenters. The molecule has 0 amide bonds. The zero-order chi connectivity index (χ0) is 14.0. The normalized spacial score (nSPS) is 17.2. The lowest BCUT2D eigenvalue weighted by atomic mass is 9.91. The van der Waals surface area contributed by atoms with Gasteiger partial charge in [0.15, 0.2) is 0 Å². The van der Waals surface area contributed by atoms with E-state index in [0.29, 0.717) is 5.41 Å². The zero-order valence-corrected chi connectivity index (χ0v) is 12.9. The number of rotatable bonds is 3. The maximum atomic E-state index is 5.98. The van der Waals surface area contributed by atoms with E-state index in [0.717, 1.165) is 6.54 Å². The van der Waals surface area contributed by atoms with Gasteiger partial charge < -0.3 is 10.6 Å². The first kappa shape index (κ1) is 14.4. The maximum absolute atomic E-state index is 5.98. The van der Waals surface area contributed by atoms with E-state index in [9.17, 15) is 0 Å². The van der Waals surface area contributed by atoms with Crippen molar-refractivity contribution in [3.05, 3.63) is 29.3 Å². The van der Waals surface area contributed by atoms with Crippen LogP contribution in [0.1, 0.15) is 57.7 Å². The molecular formula is C17H28N2. The summed E-state index contributed by atoms with van der Waals surface area (Å²) in [4.78, 5) is 2.55. The van der Waals surface area contributed by atoms with E-state index in [1.807, 2.05) is 0 Å². The van der Waals surface area contributed by atoms with Crippen LogP contribution in [0.5, 0.6) is 0 Å². The fourth-order valence-corrected chi connectivity index (χ4v) is 2.68. The first-order valence-electron chi connectivity index (χ1n) is 7.50. The van der Waals surface area contributed by atoms with Crippen LogP contribution in [0.3, 0.4) is 0 Å². The van der Waals surface area contributed by atoms with Gasteiger partial charge in [-0.05, 0) is 48.8 Å². The Morgan fingerprint density at radius 1 is 1.32 bits per heavy atom. The Labute approximate surface area is 118 Å². The summed E-state index contributed by atoms with van der Waals surface area (Å²) < 4.78 is 0. The van der Waals surface area contributed by atoms with Crippen molar-refractivity contribution in [1.29, 1.82) is 0 Å². The summed E-state index contributed by atoms with van der Waals surface area (Å²) in [5.74, 6) is 0. The van der Waals surface area contributed by atoms with Gasteiger partial charge in [-0.2, -0.15) is 0 Å². The van der Waals surface area contributed by atoms with Crippen LogP contribution in [0.15, 0.2) is 18.2 Å². The molecule has 19 heavy (non-hydrogen) atoms. The topological polar surface area (TPSA) is 29.3 Å². The van der Waals surface area contributed by atoms with Crippen LogP contribution < -0.4 is 10.6 Å². The number of hydrogen-bond donors (Lipinski definition) is 1. The number of fused-ring (bicyclic) bond motifs is 1. The number of benzene rings is 1. The van der Waals surface area contributed by atoms with Crippen LogP contribution in [0.4, 0.5) is 5.69 Å². The molecule has 2 N–H and O–H groups in total. The molecule has 1 heterocycles. The molecule has 0 fully saturated rings. The fourth-order valence-electron chi connectivity index (χ4n) is 2.68. The summed E-state index contributed by atoms with van der Waals surface area (Å²) >= 11 is 0. The Bertz CT molecular complexity index is 429. The average molecular weight is 260 g/mol. The van der Waals surface area contributed by atoms with Gasteiger partial charge in [0, 0.05) is 24.8 Å². The van der Waals surface area contributed by atoms with E-state index in [2.05, 4.69) is 50.8 Å². The molecule has 1 atom stereocenters. The van der Waals surface area contributed by atoms with Crippen molar-refractivity contribution >= 4 is 5.69 Å². The van der Waals surface area contributed by atoms with Crippen molar-refractivity contribution in [1.82, 2.24) is 0 Å². The molecule has 0 saturated carbocycles. The highest BCUT2D eigenvalue weighted by Crippen LogP contribution is 2.31. The fraction of sp³-hybridized carbons (Fsp3) is 0.647. The predicted molar refractivity (Wildman–Crippen MR) is 83.7 cm³/mol. The van der Waals surface area contributed by atoms with Crippen molar-refractivity contribution in [3.8, 4) is 0 Å². The monoisotopic (exact) mass is 260 g/mol. The lowest BCUT2D eigenvalue weighted by Gasteiger charge is -2.34. The summed E-state index contributed by atoms with van der Waals surface area (Å²) in [7, 11) is 0. The minimum atomic E-state index is 0.134. The van der Waals surface area contributed by atoms with Gasteiger partial charge in [0.2, 0.25) is 0 Å². The Kier molecular flexibility index (Phi) is 4.19. The van der Waals surface area contributed by atoms with E-state index in [4.69, 9.17) is 5.73 Å². The molecule has 0 radical (unpaired) electrons. The second kappa shape index (κ2) is 5.54. The quantitative estimate of drug-likeness (QED) is 0.893. The summed E-state index contributed by atoms with van der Waals surface area (Å²) in [6, 6.07) is 6.91. The molecule has 2 nitrogen and oxygen atoms in total. The van der Waals surface area contributed by atoms with Gasteiger partial charge in [0.1, 0.15) is 0 Å². The standard InChI is InChI=1S/C17H28N2/c1-13(18)14-7-8-16-15(12-14)6-5-10-19(16)11-9-17(2,3)4/h7-8,12-13H,5-6,9-11,18H2,1-4H3. The second-order valence-electron chi connectivity index (χ2n) is 7.08. The molecule has 0 spiro atoms. The Morgan fingerprint density at radius 2 is 2.05 bits per heavy atom. The number of aryl methyl sites for hydroxylation is 1. The van der Waals surface area contributed by atoms with Crippen LogP contribution in [0.25, 0.3) is 0 Å². The van der Waals surface area contributed by atoms with E-state index < -0.39 is 0 Å². The van der Waals surface area contributed by atoms with Gasteiger partial charge in [0.05, 0.1) is 0 Å². The Balaban J connectivity index is 2.15. The van der Waals surface area contributed by atoms with Crippen LogP contribution in [0, 0.1) is 5.41 Å². The van der Waals surface area contributed by atoms with Gasteiger partial charge in [-0.25, -0.2) is 0 Å². The van der Waals surface area contributed by atoms with Crippen LogP contribution in [0.2, 0.25) is 0 Å². The molecule has 1 aliphatic rings. The Hall–Kier alpha value is -1.02. The lowest BCUT2D eigenvalue weighted by molar-refractivity contribution is 0.377. The molecule has 0 saturated heterocycles. The van der Waals surface area contributed by atoms with E-state index in [-0.39, 0.29) is 6.04 Å². The number of hydrogen-bond acceptors (Lipinski definition) is 2. The molecule has 0 aliphatic carbocycles. The zero-order valence-electron chi connectivity index (χ0n) is 12.9.